The highest BCUT2D eigenvalue weighted by molar-refractivity contribution is 7.92. The van der Waals surface area contributed by atoms with Crippen LogP contribution in [0.25, 0.3) is 0 Å². The van der Waals surface area contributed by atoms with Crippen molar-refractivity contribution in [3.05, 3.63) is 42.5 Å². The highest BCUT2D eigenvalue weighted by Gasteiger charge is 2.27. The summed E-state index contributed by atoms with van der Waals surface area (Å²) in [4.78, 5) is 12.6. The van der Waals surface area contributed by atoms with E-state index in [0.717, 1.165) is 19.1 Å². The van der Waals surface area contributed by atoms with Crippen LogP contribution in [0.15, 0.2) is 47.4 Å². The molecule has 2 aromatic rings. The molecule has 0 bridgehead atoms. The third kappa shape index (κ3) is 6.06. The summed E-state index contributed by atoms with van der Waals surface area (Å²) in [5.74, 6) is 0.748. The van der Waals surface area contributed by atoms with Gasteiger partial charge in [0, 0.05) is 37.8 Å². The molecule has 0 aromatic heterocycles. The molecule has 35 heavy (non-hydrogen) atoms. The molecule has 0 aliphatic carbocycles. The summed E-state index contributed by atoms with van der Waals surface area (Å²) >= 11 is 0. The van der Waals surface area contributed by atoms with Crippen molar-refractivity contribution >= 4 is 37.3 Å². The normalized spacial score (nSPS) is 16.1. The number of benzene rings is 2. The van der Waals surface area contributed by atoms with Crippen LogP contribution < -0.4 is 19.1 Å². The molecule has 4 rings (SSSR count). The van der Waals surface area contributed by atoms with Crippen molar-refractivity contribution in [2.75, 3.05) is 48.7 Å². The predicted octanol–water partition coefficient (Wildman–Crippen LogP) is 2.43. The summed E-state index contributed by atoms with van der Waals surface area (Å²) in [5.41, 5.74) is 0.911. The number of rotatable bonds is 9. The number of hydrogen-bond acceptors (Lipinski definition) is 7. The standard InChI is InChI=1S/C23H29N3O7S2/c1-34(28,29)26(19-8-11-21-22(17-19)33-16-15-32-21)14-4-5-23(27)24-18-6-9-20(10-7-18)35(30,31)25-12-2-3-13-25/h6-11,17H,2-5,12-16H2,1H3,(H,24,27). The molecule has 0 spiro atoms. The molecule has 190 valence electrons. The van der Waals surface area contributed by atoms with Crippen LogP contribution in [0.5, 0.6) is 11.5 Å². The molecule has 1 saturated heterocycles. The second-order valence-electron chi connectivity index (χ2n) is 8.45. The van der Waals surface area contributed by atoms with Gasteiger partial charge in [0.1, 0.15) is 13.2 Å². The second-order valence-corrected chi connectivity index (χ2v) is 12.3. The third-order valence-corrected chi connectivity index (χ3v) is 8.93. The van der Waals surface area contributed by atoms with E-state index in [-0.39, 0.29) is 30.2 Å². The van der Waals surface area contributed by atoms with Gasteiger partial charge < -0.3 is 14.8 Å². The maximum atomic E-state index is 12.6. The molecule has 10 nitrogen and oxygen atoms in total. The van der Waals surface area contributed by atoms with E-state index in [2.05, 4.69) is 5.32 Å². The first-order valence-electron chi connectivity index (χ1n) is 11.4. The van der Waals surface area contributed by atoms with E-state index in [1.165, 1.54) is 20.7 Å². The zero-order valence-electron chi connectivity index (χ0n) is 19.5. The van der Waals surface area contributed by atoms with Crippen molar-refractivity contribution in [2.24, 2.45) is 0 Å². The lowest BCUT2D eigenvalue weighted by Gasteiger charge is -2.25. The van der Waals surface area contributed by atoms with Gasteiger partial charge in [-0.2, -0.15) is 4.31 Å². The number of sulfonamides is 2. The van der Waals surface area contributed by atoms with Crippen LogP contribution in [0.4, 0.5) is 11.4 Å². The van der Waals surface area contributed by atoms with Gasteiger partial charge in [0.2, 0.25) is 26.0 Å². The topological polar surface area (TPSA) is 122 Å². The number of nitrogens with one attached hydrogen (secondary N) is 1. The number of fused-ring (bicyclic) bond motifs is 1. The Balaban J connectivity index is 1.33. The Morgan fingerprint density at radius 1 is 0.971 bits per heavy atom. The summed E-state index contributed by atoms with van der Waals surface area (Å²) in [6, 6.07) is 11.0. The molecular weight excluding hydrogens is 494 g/mol. The quantitative estimate of drug-likeness (QED) is 0.536. The van der Waals surface area contributed by atoms with Gasteiger partial charge in [-0.15, -0.1) is 0 Å². The summed E-state index contributed by atoms with van der Waals surface area (Å²) < 4.78 is 63.7. The smallest absolute Gasteiger partial charge is 0.243 e. The van der Waals surface area contributed by atoms with E-state index in [1.807, 2.05) is 0 Å². The number of nitrogens with zero attached hydrogens (tertiary/aromatic N) is 2. The lowest BCUT2D eigenvalue weighted by atomic mass is 10.2. The SMILES string of the molecule is CS(=O)(=O)N(CCCC(=O)Nc1ccc(S(=O)(=O)N2CCCC2)cc1)c1ccc2c(c1)OCCO2. The third-order valence-electron chi connectivity index (χ3n) is 5.82. The number of carbonyl (C=O) groups is 1. The van der Waals surface area contributed by atoms with E-state index in [4.69, 9.17) is 9.47 Å². The van der Waals surface area contributed by atoms with Crippen molar-refractivity contribution in [1.82, 2.24) is 4.31 Å². The highest BCUT2D eigenvalue weighted by atomic mass is 32.2. The van der Waals surface area contributed by atoms with Crippen LogP contribution in [0, 0.1) is 0 Å². The molecule has 0 atom stereocenters. The Kier molecular flexibility index (Phi) is 7.53. The van der Waals surface area contributed by atoms with Crippen molar-refractivity contribution in [3.8, 4) is 11.5 Å². The van der Waals surface area contributed by atoms with Gasteiger partial charge in [-0.3, -0.25) is 9.10 Å². The van der Waals surface area contributed by atoms with Crippen LogP contribution in [0.1, 0.15) is 25.7 Å². The van der Waals surface area contributed by atoms with Crippen LogP contribution in [0.3, 0.4) is 0 Å². The van der Waals surface area contributed by atoms with Gasteiger partial charge in [0.25, 0.3) is 0 Å². The summed E-state index contributed by atoms with van der Waals surface area (Å²) in [6.07, 6.45) is 3.21. The number of hydrogen-bond donors (Lipinski definition) is 1. The Morgan fingerprint density at radius 2 is 1.63 bits per heavy atom. The van der Waals surface area contributed by atoms with Crippen LogP contribution in [-0.2, 0) is 24.8 Å². The zero-order chi connectivity index (χ0) is 25.1. The minimum absolute atomic E-state index is 0.0877. The number of anilines is 2. The van der Waals surface area contributed by atoms with Crippen molar-refractivity contribution < 1.29 is 31.1 Å². The molecule has 1 N–H and O–H groups in total. The molecule has 1 fully saturated rings. The number of carbonyl (C=O) groups excluding carboxylic acids is 1. The molecule has 2 aliphatic rings. The minimum atomic E-state index is -3.58. The Bertz CT molecular complexity index is 1270. The first-order chi connectivity index (χ1) is 16.6. The zero-order valence-corrected chi connectivity index (χ0v) is 21.1. The van der Waals surface area contributed by atoms with E-state index < -0.39 is 20.0 Å². The predicted molar refractivity (Wildman–Crippen MR) is 132 cm³/mol. The van der Waals surface area contributed by atoms with Gasteiger partial charge in [-0.05, 0) is 55.7 Å². The molecule has 2 heterocycles. The minimum Gasteiger partial charge on any atom is -0.486 e. The summed E-state index contributed by atoms with van der Waals surface area (Å²) in [5, 5.41) is 2.73. The van der Waals surface area contributed by atoms with Gasteiger partial charge in [-0.1, -0.05) is 0 Å². The second kappa shape index (κ2) is 10.4. The lowest BCUT2D eigenvalue weighted by Crippen LogP contribution is -2.31. The lowest BCUT2D eigenvalue weighted by molar-refractivity contribution is -0.116. The summed E-state index contributed by atoms with van der Waals surface area (Å²) in [6.45, 7) is 1.99. The van der Waals surface area contributed by atoms with Crippen LogP contribution in [0.2, 0.25) is 0 Å². The first kappa shape index (κ1) is 25.3. The molecule has 2 aromatic carbocycles. The Morgan fingerprint density at radius 3 is 2.29 bits per heavy atom. The molecular formula is C23H29N3O7S2. The molecule has 12 heteroatoms. The van der Waals surface area contributed by atoms with Crippen molar-refractivity contribution in [1.29, 1.82) is 0 Å². The van der Waals surface area contributed by atoms with Crippen LogP contribution >= 0.6 is 0 Å². The Labute approximate surface area is 205 Å². The maximum absolute atomic E-state index is 12.6. The molecule has 0 radical (unpaired) electrons. The number of ether oxygens (including phenoxy) is 2. The average Bonchev–Trinajstić information content (AvgIpc) is 3.37. The maximum Gasteiger partial charge on any atom is 0.243 e. The van der Waals surface area contributed by atoms with Gasteiger partial charge in [0.15, 0.2) is 11.5 Å². The molecule has 0 unspecified atom stereocenters. The Hall–Kier alpha value is -2.83. The summed E-state index contributed by atoms with van der Waals surface area (Å²) in [7, 11) is -7.10. The van der Waals surface area contributed by atoms with E-state index >= 15 is 0 Å². The molecule has 1 amide bonds. The fraction of sp³-hybridized carbons (Fsp3) is 0.435. The van der Waals surface area contributed by atoms with Crippen molar-refractivity contribution in [3.63, 3.8) is 0 Å². The van der Waals surface area contributed by atoms with Crippen LogP contribution in [-0.4, -0.2) is 66.2 Å². The first-order valence-corrected chi connectivity index (χ1v) is 14.7. The number of amides is 1. The fourth-order valence-corrected chi connectivity index (χ4v) is 6.54. The van der Waals surface area contributed by atoms with Gasteiger partial charge >= 0.3 is 0 Å². The monoisotopic (exact) mass is 523 g/mol. The van der Waals surface area contributed by atoms with Gasteiger partial charge in [0.05, 0.1) is 16.8 Å². The van der Waals surface area contributed by atoms with E-state index in [9.17, 15) is 21.6 Å². The van der Waals surface area contributed by atoms with E-state index in [1.54, 1.807) is 30.3 Å². The average molecular weight is 524 g/mol. The fourth-order valence-electron chi connectivity index (χ4n) is 4.07. The molecule has 2 aliphatic heterocycles. The van der Waals surface area contributed by atoms with Crippen molar-refractivity contribution in [2.45, 2.75) is 30.6 Å². The van der Waals surface area contributed by atoms with Gasteiger partial charge in [-0.25, -0.2) is 16.8 Å². The largest absolute Gasteiger partial charge is 0.486 e. The van der Waals surface area contributed by atoms with E-state index in [0.29, 0.717) is 49.2 Å². The highest BCUT2D eigenvalue weighted by Crippen LogP contribution is 2.34. The molecule has 0 saturated carbocycles.